The molecular weight excluding hydrogens is 510 g/mol. The number of aromatic nitrogens is 4. The van der Waals surface area contributed by atoms with Crippen LogP contribution >= 0.6 is 22.9 Å². The van der Waals surface area contributed by atoms with E-state index < -0.39 is 0 Å². The van der Waals surface area contributed by atoms with E-state index >= 15 is 0 Å². The van der Waals surface area contributed by atoms with Gasteiger partial charge in [-0.1, -0.05) is 18.2 Å². The fraction of sp³-hybridized carbons (Fsp3) is 0.269. The molecule has 5 rings (SSSR count). The number of rotatable bonds is 8. The van der Waals surface area contributed by atoms with Gasteiger partial charge in [0, 0.05) is 38.1 Å². The van der Waals surface area contributed by atoms with Gasteiger partial charge in [-0.2, -0.15) is 0 Å². The van der Waals surface area contributed by atoms with Gasteiger partial charge in [-0.05, 0) is 49.8 Å². The number of hydrogen-bond donors (Lipinski definition) is 1. The molecule has 9 nitrogen and oxygen atoms in total. The minimum Gasteiger partial charge on any atom is -0.486 e. The molecule has 0 saturated carbocycles. The number of pyridine rings is 1. The van der Waals surface area contributed by atoms with Crippen molar-refractivity contribution in [1.29, 1.82) is 0 Å². The first-order valence-electron chi connectivity index (χ1n) is 11.8. The minimum atomic E-state index is -0.0454. The number of thiazole rings is 1. The van der Waals surface area contributed by atoms with E-state index in [9.17, 15) is 4.79 Å². The van der Waals surface area contributed by atoms with E-state index in [1.54, 1.807) is 22.3 Å². The fourth-order valence-electron chi connectivity index (χ4n) is 4.25. The number of carbonyl (C=O) groups is 1. The number of benzene rings is 1. The molecule has 1 aliphatic heterocycles. The Morgan fingerprint density at radius 1 is 1.32 bits per heavy atom. The number of anilines is 3. The van der Waals surface area contributed by atoms with Gasteiger partial charge >= 0.3 is 0 Å². The molecule has 0 aliphatic carbocycles. The van der Waals surface area contributed by atoms with E-state index in [1.165, 1.54) is 12.4 Å². The van der Waals surface area contributed by atoms with Crippen molar-refractivity contribution < 1.29 is 9.53 Å². The molecule has 11 heteroatoms. The van der Waals surface area contributed by atoms with Crippen molar-refractivity contribution in [3.8, 4) is 5.75 Å². The largest absolute Gasteiger partial charge is 0.486 e. The highest BCUT2D eigenvalue weighted by Crippen LogP contribution is 2.31. The lowest BCUT2D eigenvalue weighted by molar-refractivity contribution is -0.125. The molecule has 190 valence electrons. The maximum absolute atomic E-state index is 12.0. The molecule has 1 atom stereocenters. The summed E-state index contributed by atoms with van der Waals surface area (Å²) in [4.78, 5) is 34.8. The van der Waals surface area contributed by atoms with Crippen LogP contribution in [0.4, 0.5) is 17.3 Å². The number of fused-ring (bicyclic) bond motifs is 1. The van der Waals surface area contributed by atoms with Crippen molar-refractivity contribution in [2.24, 2.45) is 0 Å². The van der Waals surface area contributed by atoms with Crippen LogP contribution in [0.25, 0.3) is 11.0 Å². The van der Waals surface area contributed by atoms with Crippen LogP contribution in [-0.2, 0) is 11.4 Å². The quantitative estimate of drug-likeness (QED) is 0.315. The van der Waals surface area contributed by atoms with Crippen molar-refractivity contribution in [2.45, 2.75) is 26.0 Å². The summed E-state index contributed by atoms with van der Waals surface area (Å²) in [7, 11) is 1.99. The van der Waals surface area contributed by atoms with E-state index in [-0.39, 0.29) is 11.9 Å². The Morgan fingerprint density at radius 2 is 2.19 bits per heavy atom. The maximum atomic E-state index is 12.0. The van der Waals surface area contributed by atoms with Gasteiger partial charge in [0.25, 0.3) is 0 Å². The molecule has 1 N–H and O–H groups in total. The highest BCUT2D eigenvalue weighted by molar-refractivity contribution is 7.11. The zero-order valence-electron chi connectivity index (χ0n) is 20.5. The number of amides is 1. The molecular formula is C26H26ClN7O2S. The fourth-order valence-corrected chi connectivity index (χ4v) is 5.19. The molecule has 37 heavy (non-hydrogen) atoms. The van der Waals surface area contributed by atoms with Crippen LogP contribution in [0.1, 0.15) is 16.3 Å². The molecule has 4 aromatic rings. The third kappa shape index (κ3) is 5.50. The second kappa shape index (κ2) is 10.7. The predicted molar refractivity (Wildman–Crippen MR) is 147 cm³/mol. The predicted octanol–water partition coefficient (Wildman–Crippen LogP) is 4.99. The molecule has 1 aromatic carbocycles. The monoisotopic (exact) mass is 535 g/mol. The van der Waals surface area contributed by atoms with E-state index in [2.05, 4.69) is 31.7 Å². The SMILES string of the molecule is C=CC(=O)N1CC[C@H](N(C)c2ccc3ncnc(Nc4ccc(OCc5cnc(C)s5)c(Cl)c4)c3n2)C1. The van der Waals surface area contributed by atoms with Crippen LogP contribution in [-0.4, -0.2) is 56.9 Å². The summed E-state index contributed by atoms with van der Waals surface area (Å²) >= 11 is 8.10. The van der Waals surface area contributed by atoms with Gasteiger partial charge in [-0.25, -0.2) is 19.9 Å². The Labute approximate surface area is 223 Å². The van der Waals surface area contributed by atoms with Crippen molar-refractivity contribution in [1.82, 2.24) is 24.8 Å². The molecule has 0 spiro atoms. The van der Waals surface area contributed by atoms with Crippen molar-refractivity contribution in [3.63, 3.8) is 0 Å². The van der Waals surface area contributed by atoms with Crippen LogP contribution in [0.2, 0.25) is 5.02 Å². The van der Waals surface area contributed by atoms with Gasteiger partial charge in [0.1, 0.15) is 30.0 Å². The molecule has 1 amide bonds. The Morgan fingerprint density at radius 3 is 2.95 bits per heavy atom. The molecule has 3 aromatic heterocycles. The molecule has 1 fully saturated rings. The standard InChI is InChI=1S/C26H26ClN7O2S/c1-4-24(35)34-10-9-18(13-34)33(3)23-8-6-21-25(32-23)26(30-15-29-21)31-17-5-7-22(20(27)11-17)36-14-19-12-28-16(2)37-19/h4-8,11-12,15,18H,1,9-10,13-14H2,2-3H3,(H,29,30,31)/t18-/m0/s1. The molecule has 0 unspecified atom stereocenters. The lowest BCUT2D eigenvalue weighted by Crippen LogP contribution is -2.36. The topological polar surface area (TPSA) is 96.4 Å². The van der Waals surface area contributed by atoms with E-state index in [0.29, 0.717) is 41.8 Å². The van der Waals surface area contributed by atoms with Gasteiger partial charge in [-0.15, -0.1) is 11.3 Å². The second-order valence-corrected chi connectivity index (χ2v) is 10.4. The van der Waals surface area contributed by atoms with Crippen molar-refractivity contribution in [2.75, 3.05) is 30.4 Å². The Kier molecular flexibility index (Phi) is 7.20. The lowest BCUT2D eigenvalue weighted by atomic mass is 10.2. The van der Waals surface area contributed by atoms with Crippen LogP contribution in [0.3, 0.4) is 0 Å². The number of aryl methyl sites for hydroxylation is 1. The van der Waals surface area contributed by atoms with Gasteiger partial charge in [0.2, 0.25) is 5.91 Å². The van der Waals surface area contributed by atoms with E-state index in [4.69, 9.17) is 21.3 Å². The lowest BCUT2D eigenvalue weighted by Gasteiger charge is -2.26. The summed E-state index contributed by atoms with van der Waals surface area (Å²) in [5.74, 6) is 1.90. The smallest absolute Gasteiger partial charge is 0.246 e. The summed E-state index contributed by atoms with van der Waals surface area (Å²) in [6.45, 7) is 7.30. The zero-order chi connectivity index (χ0) is 25.9. The maximum Gasteiger partial charge on any atom is 0.246 e. The summed E-state index contributed by atoms with van der Waals surface area (Å²) in [5, 5.41) is 4.79. The van der Waals surface area contributed by atoms with Gasteiger partial charge in [-0.3, -0.25) is 4.79 Å². The number of nitrogens with zero attached hydrogens (tertiary/aromatic N) is 6. The first-order chi connectivity index (χ1) is 17.9. The summed E-state index contributed by atoms with van der Waals surface area (Å²) in [6, 6.07) is 9.52. The third-order valence-electron chi connectivity index (χ3n) is 6.26. The van der Waals surface area contributed by atoms with Crippen LogP contribution < -0.4 is 15.0 Å². The summed E-state index contributed by atoms with van der Waals surface area (Å²) in [5.41, 5.74) is 2.11. The zero-order valence-corrected chi connectivity index (χ0v) is 22.1. The Balaban J connectivity index is 1.33. The van der Waals surface area contributed by atoms with Gasteiger partial charge < -0.3 is 19.9 Å². The average Bonchev–Trinajstić information content (AvgIpc) is 3.57. The van der Waals surface area contributed by atoms with Crippen LogP contribution in [0.5, 0.6) is 5.75 Å². The molecule has 1 saturated heterocycles. The van der Waals surface area contributed by atoms with Crippen molar-refractivity contribution in [3.05, 3.63) is 70.4 Å². The highest BCUT2D eigenvalue weighted by atomic mass is 35.5. The number of likely N-dealkylation sites (N-methyl/N-ethyl adjacent to an activating group) is 1. The average molecular weight is 536 g/mol. The van der Waals surface area contributed by atoms with Crippen LogP contribution in [0, 0.1) is 6.92 Å². The summed E-state index contributed by atoms with van der Waals surface area (Å²) < 4.78 is 5.87. The van der Waals surface area contributed by atoms with Gasteiger partial charge in [0.15, 0.2) is 5.82 Å². The Hall–Kier alpha value is -3.76. The Bertz CT molecular complexity index is 1460. The summed E-state index contributed by atoms with van der Waals surface area (Å²) in [6.07, 6.45) is 5.54. The number of nitrogens with one attached hydrogen (secondary N) is 1. The number of carbonyl (C=O) groups excluding carboxylic acids is 1. The number of ether oxygens (including phenoxy) is 1. The number of hydrogen-bond acceptors (Lipinski definition) is 9. The highest BCUT2D eigenvalue weighted by Gasteiger charge is 2.28. The molecule has 0 radical (unpaired) electrons. The van der Waals surface area contributed by atoms with E-state index in [1.807, 2.05) is 44.4 Å². The third-order valence-corrected chi connectivity index (χ3v) is 7.44. The van der Waals surface area contributed by atoms with Crippen LogP contribution in [0.15, 0.2) is 55.5 Å². The van der Waals surface area contributed by atoms with E-state index in [0.717, 1.165) is 33.3 Å². The minimum absolute atomic E-state index is 0.0454. The molecule has 4 heterocycles. The second-order valence-electron chi connectivity index (χ2n) is 8.71. The molecule has 0 bridgehead atoms. The molecule has 1 aliphatic rings. The van der Waals surface area contributed by atoms with Crippen molar-refractivity contribution >= 4 is 57.2 Å². The first-order valence-corrected chi connectivity index (χ1v) is 13.0. The number of halogens is 1. The van der Waals surface area contributed by atoms with Gasteiger partial charge in [0.05, 0.1) is 20.4 Å². The normalized spacial score (nSPS) is 15.1. The first kappa shape index (κ1) is 24.9. The number of likely N-dealkylation sites (tertiary alicyclic amines) is 1.